The first-order valence-electron chi connectivity index (χ1n) is 5.86. The number of sulfonamides is 1. The number of aryl methyl sites for hydroxylation is 2. The summed E-state index contributed by atoms with van der Waals surface area (Å²) >= 11 is 0. The predicted molar refractivity (Wildman–Crippen MR) is 68.2 cm³/mol. The van der Waals surface area contributed by atoms with E-state index in [0.29, 0.717) is 17.9 Å². The standard InChI is InChI=1S/C12H16N2O4S/c1-8(6-11-4-5-17-7-11)14-19(15,16)12-9(2)13-18-10(12)3/h4-5,7-8,14H,6H2,1-3H3/t8-/m1/s1. The average molecular weight is 284 g/mol. The molecule has 0 saturated heterocycles. The van der Waals surface area contributed by atoms with E-state index in [1.807, 2.05) is 0 Å². The van der Waals surface area contributed by atoms with Gasteiger partial charge in [0.1, 0.15) is 10.6 Å². The lowest BCUT2D eigenvalue weighted by atomic mass is 10.1. The van der Waals surface area contributed by atoms with Crippen molar-refractivity contribution in [2.45, 2.75) is 38.1 Å². The average Bonchev–Trinajstić information content (AvgIpc) is 2.88. The lowest BCUT2D eigenvalue weighted by Gasteiger charge is -2.12. The Balaban J connectivity index is 2.13. The summed E-state index contributed by atoms with van der Waals surface area (Å²) in [5.41, 5.74) is 1.30. The van der Waals surface area contributed by atoms with E-state index in [1.165, 1.54) is 0 Å². The molecule has 0 bridgehead atoms. The molecule has 1 atom stereocenters. The van der Waals surface area contributed by atoms with Crippen LogP contribution in [-0.2, 0) is 16.4 Å². The molecule has 0 amide bonds. The molecule has 0 spiro atoms. The van der Waals surface area contributed by atoms with Crippen LogP contribution in [-0.4, -0.2) is 19.6 Å². The molecule has 2 aromatic heterocycles. The molecule has 0 aliphatic heterocycles. The summed E-state index contributed by atoms with van der Waals surface area (Å²) in [5, 5.41) is 3.66. The molecular formula is C12H16N2O4S. The van der Waals surface area contributed by atoms with Gasteiger partial charge in [-0.05, 0) is 38.8 Å². The van der Waals surface area contributed by atoms with E-state index < -0.39 is 10.0 Å². The zero-order valence-corrected chi connectivity index (χ0v) is 11.8. The van der Waals surface area contributed by atoms with E-state index in [9.17, 15) is 8.42 Å². The highest BCUT2D eigenvalue weighted by Crippen LogP contribution is 2.19. The van der Waals surface area contributed by atoms with Crippen LogP contribution in [0.2, 0.25) is 0 Å². The van der Waals surface area contributed by atoms with Crippen molar-refractivity contribution in [1.29, 1.82) is 0 Å². The summed E-state index contributed by atoms with van der Waals surface area (Å²) < 4.78 is 36.9. The molecule has 0 fully saturated rings. The largest absolute Gasteiger partial charge is 0.472 e. The van der Waals surface area contributed by atoms with E-state index in [-0.39, 0.29) is 10.9 Å². The van der Waals surface area contributed by atoms with Crippen molar-refractivity contribution in [1.82, 2.24) is 9.88 Å². The smallest absolute Gasteiger partial charge is 0.246 e. The number of nitrogens with one attached hydrogen (secondary N) is 1. The molecule has 7 heteroatoms. The van der Waals surface area contributed by atoms with Crippen molar-refractivity contribution < 1.29 is 17.4 Å². The fourth-order valence-electron chi connectivity index (χ4n) is 1.99. The van der Waals surface area contributed by atoms with Crippen LogP contribution in [0.1, 0.15) is 23.9 Å². The van der Waals surface area contributed by atoms with Gasteiger partial charge in [0.25, 0.3) is 0 Å². The summed E-state index contributed by atoms with van der Waals surface area (Å²) in [6, 6.07) is 1.55. The number of hydrogen-bond acceptors (Lipinski definition) is 5. The minimum absolute atomic E-state index is 0.117. The second-order valence-corrected chi connectivity index (χ2v) is 6.16. The van der Waals surface area contributed by atoms with Crippen molar-refractivity contribution >= 4 is 10.0 Å². The number of furan rings is 1. The first kappa shape index (κ1) is 13.8. The maximum atomic E-state index is 12.2. The third-order valence-corrected chi connectivity index (χ3v) is 4.55. The van der Waals surface area contributed by atoms with Crippen LogP contribution in [0.5, 0.6) is 0 Å². The fraction of sp³-hybridized carbons (Fsp3) is 0.417. The van der Waals surface area contributed by atoms with Crippen molar-refractivity contribution in [2.75, 3.05) is 0 Å². The highest BCUT2D eigenvalue weighted by molar-refractivity contribution is 7.89. The summed E-state index contributed by atoms with van der Waals surface area (Å²) in [6.07, 6.45) is 3.71. The Kier molecular flexibility index (Phi) is 3.77. The van der Waals surface area contributed by atoms with Crippen LogP contribution < -0.4 is 4.72 Å². The van der Waals surface area contributed by atoms with Gasteiger partial charge >= 0.3 is 0 Å². The Bertz CT molecular complexity index is 624. The number of hydrogen-bond donors (Lipinski definition) is 1. The second-order valence-electron chi connectivity index (χ2n) is 4.51. The van der Waals surface area contributed by atoms with Crippen LogP contribution in [0.4, 0.5) is 0 Å². The third kappa shape index (κ3) is 3.05. The van der Waals surface area contributed by atoms with Gasteiger partial charge in [-0.25, -0.2) is 13.1 Å². The van der Waals surface area contributed by atoms with Gasteiger partial charge in [-0.2, -0.15) is 0 Å². The van der Waals surface area contributed by atoms with Crippen LogP contribution in [0, 0.1) is 13.8 Å². The van der Waals surface area contributed by atoms with Crippen LogP contribution in [0.15, 0.2) is 32.4 Å². The number of nitrogens with zero attached hydrogens (tertiary/aromatic N) is 1. The zero-order valence-electron chi connectivity index (χ0n) is 11.0. The molecule has 0 unspecified atom stereocenters. The van der Waals surface area contributed by atoms with Gasteiger partial charge in [0, 0.05) is 6.04 Å². The van der Waals surface area contributed by atoms with Crippen molar-refractivity contribution in [3.8, 4) is 0 Å². The Hall–Kier alpha value is -1.60. The van der Waals surface area contributed by atoms with Gasteiger partial charge in [0.05, 0.1) is 12.5 Å². The molecule has 0 aromatic carbocycles. The van der Waals surface area contributed by atoms with Crippen molar-refractivity contribution in [2.24, 2.45) is 0 Å². The molecule has 0 aliphatic carbocycles. The van der Waals surface area contributed by atoms with Gasteiger partial charge in [-0.1, -0.05) is 5.16 Å². The highest BCUT2D eigenvalue weighted by Gasteiger charge is 2.25. The van der Waals surface area contributed by atoms with Crippen molar-refractivity contribution in [3.63, 3.8) is 0 Å². The predicted octanol–water partition coefficient (Wildman–Crippen LogP) is 1.79. The van der Waals surface area contributed by atoms with Gasteiger partial charge in [-0.15, -0.1) is 0 Å². The Morgan fingerprint density at radius 1 is 1.42 bits per heavy atom. The Morgan fingerprint density at radius 3 is 2.68 bits per heavy atom. The zero-order chi connectivity index (χ0) is 14.0. The van der Waals surface area contributed by atoms with Gasteiger partial charge in [-0.3, -0.25) is 0 Å². The van der Waals surface area contributed by atoms with E-state index in [4.69, 9.17) is 8.94 Å². The Labute approximate surface area is 111 Å². The summed E-state index contributed by atoms with van der Waals surface area (Å²) in [6.45, 7) is 4.98. The maximum Gasteiger partial charge on any atom is 0.246 e. The molecule has 104 valence electrons. The maximum absolute atomic E-state index is 12.2. The van der Waals surface area contributed by atoms with Gasteiger partial charge in [0.2, 0.25) is 10.0 Å². The third-order valence-electron chi connectivity index (χ3n) is 2.71. The quantitative estimate of drug-likeness (QED) is 0.904. The lowest BCUT2D eigenvalue weighted by molar-refractivity contribution is 0.390. The lowest BCUT2D eigenvalue weighted by Crippen LogP contribution is -2.34. The molecule has 2 rings (SSSR count). The Morgan fingerprint density at radius 2 is 2.16 bits per heavy atom. The molecular weight excluding hydrogens is 268 g/mol. The van der Waals surface area contributed by atoms with Gasteiger partial charge < -0.3 is 8.94 Å². The summed E-state index contributed by atoms with van der Waals surface area (Å²) in [5.74, 6) is 0.292. The minimum atomic E-state index is -3.62. The normalized spacial score (nSPS) is 13.6. The molecule has 19 heavy (non-hydrogen) atoms. The van der Waals surface area contributed by atoms with E-state index >= 15 is 0 Å². The van der Waals surface area contributed by atoms with Crippen LogP contribution in [0.3, 0.4) is 0 Å². The first-order valence-corrected chi connectivity index (χ1v) is 7.34. The molecule has 0 saturated carbocycles. The first-order chi connectivity index (χ1) is 8.90. The van der Waals surface area contributed by atoms with E-state index in [1.54, 1.807) is 39.4 Å². The summed E-state index contributed by atoms with van der Waals surface area (Å²) in [4.78, 5) is 0.117. The fourth-order valence-corrected chi connectivity index (χ4v) is 3.56. The molecule has 0 radical (unpaired) electrons. The van der Waals surface area contributed by atoms with E-state index in [0.717, 1.165) is 5.56 Å². The van der Waals surface area contributed by atoms with E-state index in [2.05, 4.69) is 9.88 Å². The highest BCUT2D eigenvalue weighted by atomic mass is 32.2. The topological polar surface area (TPSA) is 85.3 Å². The second kappa shape index (κ2) is 5.18. The molecule has 2 aromatic rings. The monoisotopic (exact) mass is 284 g/mol. The summed E-state index contributed by atoms with van der Waals surface area (Å²) in [7, 11) is -3.62. The SMILES string of the molecule is Cc1noc(C)c1S(=O)(=O)N[C@H](C)Cc1ccoc1. The van der Waals surface area contributed by atoms with Crippen LogP contribution in [0.25, 0.3) is 0 Å². The van der Waals surface area contributed by atoms with Gasteiger partial charge in [0.15, 0.2) is 5.76 Å². The minimum Gasteiger partial charge on any atom is -0.472 e. The molecule has 0 aliphatic rings. The molecule has 2 heterocycles. The molecule has 1 N–H and O–H groups in total. The van der Waals surface area contributed by atoms with Crippen molar-refractivity contribution in [3.05, 3.63) is 35.6 Å². The number of aromatic nitrogens is 1. The van der Waals surface area contributed by atoms with Crippen LogP contribution >= 0.6 is 0 Å². The number of rotatable bonds is 5. The molecule has 6 nitrogen and oxygen atoms in total.